The molecule has 0 aliphatic carbocycles. The first-order valence-electron chi connectivity index (χ1n) is 4.27. The summed E-state index contributed by atoms with van der Waals surface area (Å²) in [5.74, 6) is 0. The summed E-state index contributed by atoms with van der Waals surface area (Å²) in [5.41, 5.74) is 5.44. The molecular weight excluding hydrogens is 192 g/mol. The topological polar surface area (TPSA) is 139 Å². The average molecular weight is 210 g/mol. The van der Waals surface area contributed by atoms with Crippen molar-refractivity contribution in [1.82, 2.24) is 5.32 Å². The molecule has 0 saturated carbocycles. The van der Waals surface area contributed by atoms with Gasteiger partial charge in [-0.25, -0.2) is 5.32 Å². The second-order valence-corrected chi connectivity index (χ2v) is 3.24. The van der Waals surface area contributed by atoms with Crippen molar-refractivity contribution in [2.75, 3.05) is 6.61 Å². The third-order valence-corrected chi connectivity index (χ3v) is 1.77. The Morgan fingerprint density at radius 3 is 2.14 bits per heavy atom. The zero-order chi connectivity index (χ0) is 11.4. The molecule has 0 aromatic heterocycles. The van der Waals surface area contributed by atoms with Gasteiger partial charge in [0.15, 0.2) is 0 Å². The lowest BCUT2D eigenvalue weighted by molar-refractivity contribution is -0.338. The fourth-order valence-electron chi connectivity index (χ4n) is 1.11. The largest absolute Gasteiger partial charge is 0.396 e. The Kier molecular flexibility index (Phi) is 5.45. The highest BCUT2D eigenvalue weighted by Crippen LogP contribution is 2.05. The number of rotatable bonds is 6. The van der Waals surface area contributed by atoms with Gasteiger partial charge < -0.3 is 31.3 Å². The molecule has 0 bridgehead atoms. The van der Waals surface area contributed by atoms with Crippen molar-refractivity contribution >= 4 is 0 Å². The average Bonchev–Trinajstić information content (AvgIpc) is 1.98. The van der Waals surface area contributed by atoms with Crippen molar-refractivity contribution in [2.45, 2.75) is 37.6 Å². The van der Waals surface area contributed by atoms with Gasteiger partial charge in [-0.05, 0) is 13.3 Å². The second-order valence-electron chi connectivity index (χ2n) is 3.24. The van der Waals surface area contributed by atoms with E-state index in [-0.39, 0.29) is 13.0 Å². The molecular formula is C7H18N2O5. The molecule has 0 spiro atoms. The van der Waals surface area contributed by atoms with Gasteiger partial charge in [0.1, 0.15) is 0 Å². The lowest BCUT2D eigenvalue weighted by Gasteiger charge is -2.30. The summed E-state index contributed by atoms with van der Waals surface area (Å²) >= 11 is 0. The fraction of sp³-hybridized carbons (Fsp3) is 1.00. The summed E-state index contributed by atoms with van der Waals surface area (Å²) < 4.78 is 0. The van der Waals surface area contributed by atoms with Crippen molar-refractivity contribution < 1.29 is 25.5 Å². The maximum absolute atomic E-state index is 9.41. The Hall–Kier alpha value is -0.280. The van der Waals surface area contributed by atoms with Crippen LogP contribution in [0.3, 0.4) is 0 Å². The third kappa shape index (κ3) is 5.45. The van der Waals surface area contributed by atoms with Crippen LogP contribution >= 0.6 is 0 Å². The van der Waals surface area contributed by atoms with E-state index in [2.05, 4.69) is 0 Å². The molecule has 3 atom stereocenters. The highest BCUT2D eigenvalue weighted by molar-refractivity contribution is 4.83. The molecule has 0 aliphatic heterocycles. The highest BCUT2D eigenvalue weighted by Gasteiger charge is 2.30. The summed E-state index contributed by atoms with van der Waals surface area (Å²) in [7, 11) is 0. The van der Waals surface area contributed by atoms with Gasteiger partial charge in [-0.2, -0.15) is 0 Å². The Morgan fingerprint density at radius 2 is 1.86 bits per heavy atom. The van der Waals surface area contributed by atoms with Crippen LogP contribution in [0.1, 0.15) is 13.3 Å². The second kappa shape index (κ2) is 5.56. The van der Waals surface area contributed by atoms with Gasteiger partial charge in [0.25, 0.3) is 0 Å². The number of aliphatic hydroxyl groups excluding tert-OH is 2. The zero-order valence-corrected chi connectivity index (χ0v) is 7.96. The van der Waals surface area contributed by atoms with E-state index in [4.69, 9.17) is 26.2 Å². The first-order valence-corrected chi connectivity index (χ1v) is 4.27. The Labute approximate surface area is 81.8 Å². The Morgan fingerprint density at radius 1 is 1.36 bits per heavy atom. The van der Waals surface area contributed by atoms with Gasteiger partial charge in [0.2, 0.25) is 0 Å². The van der Waals surface area contributed by atoms with Crippen LogP contribution in [0.2, 0.25) is 0 Å². The van der Waals surface area contributed by atoms with E-state index in [0.29, 0.717) is 0 Å². The first-order chi connectivity index (χ1) is 6.28. The van der Waals surface area contributed by atoms with E-state index < -0.39 is 24.3 Å². The normalized spacial score (nSPS) is 19.1. The minimum atomic E-state index is -3.09. The smallest absolute Gasteiger partial charge is 0.343 e. The summed E-state index contributed by atoms with van der Waals surface area (Å²) in [4.78, 5) is 0. The molecule has 86 valence electrons. The molecule has 0 aliphatic rings. The van der Waals surface area contributed by atoms with Crippen molar-refractivity contribution in [2.24, 2.45) is 5.73 Å². The monoisotopic (exact) mass is 210 g/mol. The van der Waals surface area contributed by atoms with Gasteiger partial charge in [-0.1, -0.05) is 0 Å². The van der Waals surface area contributed by atoms with E-state index in [1.165, 1.54) is 6.92 Å². The molecule has 0 aromatic rings. The van der Waals surface area contributed by atoms with Gasteiger partial charge >= 0.3 is 6.10 Å². The molecule has 14 heavy (non-hydrogen) atoms. The van der Waals surface area contributed by atoms with Crippen LogP contribution in [0.15, 0.2) is 0 Å². The molecule has 7 heteroatoms. The van der Waals surface area contributed by atoms with Crippen LogP contribution in [0.5, 0.6) is 0 Å². The predicted molar refractivity (Wildman–Crippen MR) is 47.7 cm³/mol. The minimum Gasteiger partial charge on any atom is -0.396 e. The lowest BCUT2D eigenvalue weighted by atomic mass is 10.0. The molecule has 0 fully saturated rings. The first kappa shape index (κ1) is 13.7. The third-order valence-electron chi connectivity index (χ3n) is 1.77. The van der Waals surface area contributed by atoms with Crippen molar-refractivity contribution in [3.8, 4) is 0 Å². The van der Waals surface area contributed by atoms with Crippen LogP contribution in [0.25, 0.3) is 0 Å². The molecule has 0 radical (unpaired) electrons. The molecule has 0 heterocycles. The molecule has 0 saturated heterocycles. The summed E-state index contributed by atoms with van der Waals surface area (Å²) in [6.07, 6.45) is -4.14. The molecule has 3 unspecified atom stereocenters. The van der Waals surface area contributed by atoms with E-state index >= 15 is 0 Å². The van der Waals surface area contributed by atoms with Gasteiger partial charge in [0.05, 0.1) is 12.1 Å². The van der Waals surface area contributed by atoms with Gasteiger partial charge in [-0.3, -0.25) is 0 Å². The standard InChI is InChI=1S/C7H18N2O5/c1-4(8)6(5(11)2-3-10)9-7(12,13)14/h4-6,9-14H,2-3,8H2,1H3. The summed E-state index contributed by atoms with van der Waals surface area (Å²) in [6, 6.07) is -1.55. The van der Waals surface area contributed by atoms with Crippen LogP contribution in [0.4, 0.5) is 0 Å². The van der Waals surface area contributed by atoms with Crippen LogP contribution < -0.4 is 11.1 Å². The van der Waals surface area contributed by atoms with Crippen LogP contribution in [-0.2, 0) is 0 Å². The minimum absolute atomic E-state index is 0.0231. The quantitative estimate of drug-likeness (QED) is 0.227. The summed E-state index contributed by atoms with van der Waals surface area (Å²) in [5, 5.41) is 45.8. The number of hydrogen-bond acceptors (Lipinski definition) is 7. The van der Waals surface area contributed by atoms with Crippen molar-refractivity contribution in [3.63, 3.8) is 0 Å². The van der Waals surface area contributed by atoms with Gasteiger partial charge in [0, 0.05) is 12.6 Å². The number of aliphatic hydroxyl groups is 5. The van der Waals surface area contributed by atoms with Crippen molar-refractivity contribution in [3.05, 3.63) is 0 Å². The predicted octanol–water partition coefficient (Wildman–Crippen LogP) is -3.38. The number of nitrogens with one attached hydrogen (secondary N) is 1. The van der Waals surface area contributed by atoms with Gasteiger partial charge in [-0.15, -0.1) is 0 Å². The molecule has 7 nitrogen and oxygen atoms in total. The Bertz CT molecular complexity index is 159. The lowest BCUT2D eigenvalue weighted by Crippen LogP contribution is -2.60. The Balaban J connectivity index is 4.29. The van der Waals surface area contributed by atoms with E-state index in [1.54, 1.807) is 0 Å². The SMILES string of the molecule is CC(N)C(NC(O)(O)O)C(O)CCO. The number of nitrogens with two attached hydrogens (primary N) is 1. The maximum Gasteiger partial charge on any atom is 0.343 e. The molecule has 8 N–H and O–H groups in total. The maximum atomic E-state index is 9.41. The molecule has 0 amide bonds. The highest BCUT2D eigenvalue weighted by atomic mass is 16.7. The van der Waals surface area contributed by atoms with Crippen LogP contribution in [0, 0.1) is 0 Å². The van der Waals surface area contributed by atoms with Crippen LogP contribution in [-0.4, -0.2) is 56.4 Å². The van der Waals surface area contributed by atoms with E-state index in [0.717, 1.165) is 0 Å². The van der Waals surface area contributed by atoms with E-state index in [9.17, 15) is 5.11 Å². The fourth-order valence-corrected chi connectivity index (χ4v) is 1.11. The molecule has 0 aromatic carbocycles. The number of hydrogen-bond donors (Lipinski definition) is 7. The van der Waals surface area contributed by atoms with E-state index in [1.807, 2.05) is 5.32 Å². The molecule has 0 rings (SSSR count). The zero-order valence-electron chi connectivity index (χ0n) is 7.96. The summed E-state index contributed by atoms with van der Waals surface area (Å²) in [6.45, 7) is 1.26. The van der Waals surface area contributed by atoms with Crippen molar-refractivity contribution in [1.29, 1.82) is 0 Å².